The molecule has 180 valence electrons. The van der Waals surface area contributed by atoms with E-state index < -0.39 is 10.0 Å². The van der Waals surface area contributed by atoms with Crippen molar-refractivity contribution in [2.75, 3.05) is 20.1 Å². The first kappa shape index (κ1) is 23.1. The molecule has 0 bridgehead atoms. The Labute approximate surface area is 201 Å². The van der Waals surface area contributed by atoms with E-state index in [-0.39, 0.29) is 22.8 Å². The molecular weight excluding hydrogens is 448 g/mol. The SMILES string of the molecule is CN(C1CCCCC1)S(=O)(=O)c1ccc(C(=O)N2CCCC(c3nc4ccccc4[nH]3)C2)cc1. The molecule has 34 heavy (non-hydrogen) atoms. The molecule has 1 unspecified atom stereocenters. The van der Waals surface area contributed by atoms with Crippen LogP contribution in [0.4, 0.5) is 0 Å². The van der Waals surface area contributed by atoms with Crippen LogP contribution >= 0.6 is 0 Å². The first-order valence-electron chi connectivity index (χ1n) is 12.3. The number of carbonyl (C=O) groups excluding carboxylic acids is 1. The number of nitrogens with one attached hydrogen (secondary N) is 1. The molecular formula is C26H32N4O3S. The number of benzene rings is 2. The summed E-state index contributed by atoms with van der Waals surface area (Å²) in [6.45, 7) is 1.29. The molecule has 8 heteroatoms. The van der Waals surface area contributed by atoms with E-state index in [1.165, 1.54) is 10.7 Å². The number of sulfonamides is 1. The number of H-pyrrole nitrogens is 1. The predicted molar refractivity (Wildman–Crippen MR) is 132 cm³/mol. The van der Waals surface area contributed by atoms with Gasteiger partial charge in [0.15, 0.2) is 0 Å². The minimum Gasteiger partial charge on any atom is -0.342 e. The van der Waals surface area contributed by atoms with E-state index in [0.29, 0.717) is 18.7 Å². The van der Waals surface area contributed by atoms with Gasteiger partial charge in [0.05, 0.1) is 15.9 Å². The lowest BCUT2D eigenvalue weighted by Gasteiger charge is -2.32. The van der Waals surface area contributed by atoms with Gasteiger partial charge < -0.3 is 9.88 Å². The third-order valence-corrected chi connectivity index (χ3v) is 9.29. The second-order valence-corrected chi connectivity index (χ2v) is 11.6. The molecule has 1 N–H and O–H groups in total. The number of aromatic nitrogens is 2. The number of amides is 1. The van der Waals surface area contributed by atoms with Crippen LogP contribution in [0.15, 0.2) is 53.4 Å². The van der Waals surface area contributed by atoms with E-state index >= 15 is 0 Å². The molecule has 0 spiro atoms. The molecule has 2 aromatic carbocycles. The van der Waals surface area contributed by atoms with E-state index in [1.54, 1.807) is 31.3 Å². The third kappa shape index (κ3) is 4.49. The summed E-state index contributed by atoms with van der Waals surface area (Å²) in [5.74, 6) is 1.02. The number of imidazole rings is 1. The smallest absolute Gasteiger partial charge is 0.253 e. The Bertz CT molecular complexity index is 1230. The number of para-hydroxylation sites is 2. The summed E-state index contributed by atoms with van der Waals surface area (Å²) < 4.78 is 27.7. The molecule has 3 aromatic rings. The maximum absolute atomic E-state index is 13.2. The standard InChI is InChI=1S/C26H32N4O3S/c1-29(21-9-3-2-4-10-21)34(32,33)22-15-13-19(14-16-22)26(31)30-17-7-8-20(18-30)25-27-23-11-5-6-12-24(23)28-25/h5-6,11-16,20-21H,2-4,7-10,17-18H2,1H3,(H,27,28). The lowest BCUT2D eigenvalue weighted by molar-refractivity contribution is 0.0705. The average Bonchev–Trinajstić information content (AvgIpc) is 3.33. The highest BCUT2D eigenvalue weighted by Crippen LogP contribution is 2.29. The highest BCUT2D eigenvalue weighted by Gasteiger charge is 2.30. The zero-order chi connectivity index (χ0) is 23.7. The minimum absolute atomic E-state index is 0.0589. The Morgan fingerprint density at radius 3 is 2.47 bits per heavy atom. The van der Waals surface area contributed by atoms with Crippen LogP contribution in [-0.4, -0.2) is 59.7 Å². The Balaban J connectivity index is 1.28. The van der Waals surface area contributed by atoms with E-state index in [4.69, 9.17) is 4.98 Å². The second kappa shape index (κ2) is 9.50. The number of piperidine rings is 1. The molecule has 1 aromatic heterocycles. The molecule has 1 saturated carbocycles. The molecule has 1 atom stereocenters. The highest BCUT2D eigenvalue weighted by molar-refractivity contribution is 7.89. The second-order valence-electron chi connectivity index (χ2n) is 9.57. The van der Waals surface area contributed by atoms with Crippen LogP contribution in [0.1, 0.15) is 67.0 Å². The van der Waals surface area contributed by atoms with Crippen molar-refractivity contribution in [1.29, 1.82) is 0 Å². The van der Waals surface area contributed by atoms with Crippen LogP contribution in [0.25, 0.3) is 11.0 Å². The summed E-state index contributed by atoms with van der Waals surface area (Å²) in [6, 6.07) is 14.5. The van der Waals surface area contributed by atoms with Crippen molar-refractivity contribution in [3.8, 4) is 0 Å². The molecule has 1 aliphatic carbocycles. The summed E-state index contributed by atoms with van der Waals surface area (Å²) in [7, 11) is -1.89. The monoisotopic (exact) mass is 480 g/mol. The fourth-order valence-corrected chi connectivity index (χ4v) is 6.73. The van der Waals surface area contributed by atoms with Crippen LogP contribution in [0.5, 0.6) is 0 Å². The Morgan fingerprint density at radius 2 is 1.74 bits per heavy atom. The van der Waals surface area contributed by atoms with Gasteiger partial charge in [-0.3, -0.25) is 4.79 Å². The maximum atomic E-state index is 13.2. The van der Waals surface area contributed by atoms with Gasteiger partial charge in [0.1, 0.15) is 5.82 Å². The number of carbonyl (C=O) groups is 1. The van der Waals surface area contributed by atoms with Gasteiger partial charge in [-0.1, -0.05) is 31.4 Å². The van der Waals surface area contributed by atoms with E-state index in [1.807, 2.05) is 29.2 Å². The van der Waals surface area contributed by atoms with Gasteiger partial charge >= 0.3 is 0 Å². The quantitative estimate of drug-likeness (QED) is 0.581. The number of rotatable bonds is 5. The number of hydrogen-bond donors (Lipinski definition) is 1. The van der Waals surface area contributed by atoms with Crippen molar-refractivity contribution in [2.24, 2.45) is 0 Å². The number of aromatic amines is 1. The predicted octanol–water partition coefficient (Wildman–Crippen LogP) is 4.54. The van der Waals surface area contributed by atoms with Crippen molar-refractivity contribution < 1.29 is 13.2 Å². The van der Waals surface area contributed by atoms with Crippen LogP contribution < -0.4 is 0 Å². The highest BCUT2D eigenvalue weighted by atomic mass is 32.2. The van der Waals surface area contributed by atoms with Gasteiger partial charge in [0, 0.05) is 37.7 Å². The molecule has 1 saturated heterocycles. The van der Waals surface area contributed by atoms with Crippen LogP contribution in [-0.2, 0) is 10.0 Å². The lowest BCUT2D eigenvalue weighted by atomic mass is 9.96. The van der Waals surface area contributed by atoms with Crippen molar-refractivity contribution in [2.45, 2.75) is 61.8 Å². The van der Waals surface area contributed by atoms with Crippen molar-refractivity contribution >= 4 is 27.0 Å². The molecule has 2 heterocycles. The van der Waals surface area contributed by atoms with Gasteiger partial charge in [-0.05, 0) is 62.1 Å². The van der Waals surface area contributed by atoms with Crippen LogP contribution in [0.2, 0.25) is 0 Å². The molecule has 0 radical (unpaired) electrons. The van der Waals surface area contributed by atoms with Gasteiger partial charge in [-0.2, -0.15) is 4.31 Å². The van der Waals surface area contributed by atoms with Crippen LogP contribution in [0, 0.1) is 0 Å². The Hall–Kier alpha value is -2.71. The average molecular weight is 481 g/mol. The lowest BCUT2D eigenvalue weighted by Crippen LogP contribution is -2.39. The fraction of sp³-hybridized carbons (Fsp3) is 0.462. The zero-order valence-electron chi connectivity index (χ0n) is 19.6. The summed E-state index contributed by atoms with van der Waals surface area (Å²) in [5, 5.41) is 0. The number of fused-ring (bicyclic) bond motifs is 1. The molecule has 1 amide bonds. The number of likely N-dealkylation sites (tertiary alicyclic amines) is 1. The Morgan fingerprint density at radius 1 is 1.00 bits per heavy atom. The molecule has 7 nitrogen and oxygen atoms in total. The maximum Gasteiger partial charge on any atom is 0.253 e. The van der Waals surface area contributed by atoms with Gasteiger partial charge in [0.2, 0.25) is 10.0 Å². The van der Waals surface area contributed by atoms with Crippen LogP contribution in [0.3, 0.4) is 0 Å². The Kier molecular flexibility index (Phi) is 6.44. The third-order valence-electron chi connectivity index (χ3n) is 7.37. The largest absolute Gasteiger partial charge is 0.342 e. The van der Waals surface area contributed by atoms with Crippen molar-refractivity contribution in [3.63, 3.8) is 0 Å². The fourth-order valence-electron chi connectivity index (χ4n) is 5.31. The summed E-state index contributed by atoms with van der Waals surface area (Å²) in [5.41, 5.74) is 2.47. The van der Waals surface area contributed by atoms with Gasteiger partial charge in [-0.25, -0.2) is 13.4 Å². The van der Waals surface area contributed by atoms with E-state index in [2.05, 4.69) is 4.98 Å². The topological polar surface area (TPSA) is 86.4 Å². The molecule has 2 aliphatic rings. The minimum atomic E-state index is -3.57. The number of nitrogens with zero attached hydrogens (tertiary/aromatic N) is 3. The van der Waals surface area contributed by atoms with Crippen molar-refractivity contribution in [3.05, 3.63) is 59.9 Å². The first-order valence-corrected chi connectivity index (χ1v) is 13.7. The molecule has 5 rings (SSSR count). The first-order chi connectivity index (χ1) is 16.4. The molecule has 2 fully saturated rings. The van der Waals surface area contributed by atoms with Gasteiger partial charge in [-0.15, -0.1) is 0 Å². The van der Waals surface area contributed by atoms with E-state index in [9.17, 15) is 13.2 Å². The summed E-state index contributed by atoms with van der Waals surface area (Å²) in [6.07, 6.45) is 7.03. The van der Waals surface area contributed by atoms with E-state index in [0.717, 1.165) is 55.4 Å². The molecule has 1 aliphatic heterocycles. The summed E-state index contributed by atoms with van der Waals surface area (Å²) in [4.78, 5) is 23.5. The number of hydrogen-bond acceptors (Lipinski definition) is 4. The van der Waals surface area contributed by atoms with Gasteiger partial charge in [0.25, 0.3) is 5.91 Å². The van der Waals surface area contributed by atoms with Crippen molar-refractivity contribution in [1.82, 2.24) is 19.2 Å². The zero-order valence-corrected chi connectivity index (χ0v) is 20.4. The summed E-state index contributed by atoms with van der Waals surface area (Å²) >= 11 is 0. The normalized spacial score (nSPS) is 20.2.